The molecule has 14 heavy (non-hydrogen) atoms. The minimum atomic E-state index is 0.0931. The molecule has 0 aromatic heterocycles. The molecule has 1 saturated carbocycles. The smallest absolute Gasteiger partial charge is 0.223 e. The summed E-state index contributed by atoms with van der Waals surface area (Å²) in [5, 5.41) is 3.02. The normalized spacial score (nSPS) is 41.0. The molecule has 3 aliphatic rings. The first-order valence-electron chi connectivity index (χ1n) is 5.38. The first-order valence-corrected chi connectivity index (χ1v) is 5.38. The van der Waals surface area contributed by atoms with Gasteiger partial charge in [0.1, 0.15) is 6.10 Å². The highest BCUT2D eigenvalue weighted by molar-refractivity contribution is 5.81. The lowest BCUT2D eigenvalue weighted by atomic mass is 10.1. The lowest BCUT2D eigenvalue weighted by Gasteiger charge is -2.17. The maximum atomic E-state index is 11.5. The Labute approximate surface area is 82.9 Å². The van der Waals surface area contributed by atoms with Crippen LogP contribution in [0.15, 0.2) is 0 Å². The van der Waals surface area contributed by atoms with Crippen molar-refractivity contribution < 1.29 is 14.3 Å². The Balaban J connectivity index is 1.59. The Morgan fingerprint density at radius 2 is 2.07 bits per heavy atom. The van der Waals surface area contributed by atoms with E-state index < -0.39 is 0 Å². The number of hydrogen-bond donors (Lipinski definition) is 1. The first kappa shape index (κ1) is 8.68. The predicted molar refractivity (Wildman–Crippen MR) is 48.8 cm³/mol. The monoisotopic (exact) mass is 197 g/mol. The number of rotatable bonds is 2. The quantitative estimate of drug-likeness (QED) is 0.681. The second-order valence-electron chi connectivity index (χ2n) is 4.39. The van der Waals surface area contributed by atoms with Gasteiger partial charge in [-0.25, -0.2) is 0 Å². The summed E-state index contributed by atoms with van der Waals surface area (Å²) in [7, 11) is 0. The van der Waals surface area contributed by atoms with Crippen LogP contribution >= 0.6 is 0 Å². The Kier molecular flexibility index (Phi) is 1.99. The van der Waals surface area contributed by atoms with Crippen molar-refractivity contribution in [2.45, 2.75) is 37.5 Å². The molecule has 0 aromatic rings. The van der Waals surface area contributed by atoms with E-state index in [0.29, 0.717) is 6.61 Å². The Morgan fingerprint density at radius 3 is 2.86 bits per heavy atom. The van der Waals surface area contributed by atoms with Crippen LogP contribution < -0.4 is 5.32 Å². The fourth-order valence-corrected chi connectivity index (χ4v) is 2.24. The van der Waals surface area contributed by atoms with Crippen LogP contribution in [-0.2, 0) is 14.3 Å². The summed E-state index contributed by atoms with van der Waals surface area (Å²) in [6, 6.07) is 0.0931. The number of ether oxygens (including phenoxy) is 2. The van der Waals surface area contributed by atoms with Gasteiger partial charge in [0.05, 0.1) is 18.8 Å². The first-order chi connectivity index (χ1) is 6.84. The molecular formula is C10H15NO3. The average Bonchev–Trinajstić information content (AvgIpc) is 2.81. The third kappa shape index (κ3) is 1.42. The van der Waals surface area contributed by atoms with Gasteiger partial charge in [0.15, 0.2) is 0 Å². The Morgan fingerprint density at radius 1 is 1.21 bits per heavy atom. The predicted octanol–water partition coefficient (Wildman–Crippen LogP) is 0.0689. The van der Waals surface area contributed by atoms with Crippen molar-refractivity contribution in [1.29, 1.82) is 0 Å². The van der Waals surface area contributed by atoms with E-state index in [1.807, 2.05) is 0 Å². The zero-order valence-corrected chi connectivity index (χ0v) is 8.07. The third-order valence-corrected chi connectivity index (χ3v) is 3.24. The Bertz CT molecular complexity index is 252. The number of carbonyl (C=O) groups is 1. The molecule has 0 aromatic carbocycles. The van der Waals surface area contributed by atoms with E-state index in [-0.39, 0.29) is 30.1 Å². The molecule has 0 radical (unpaired) electrons. The van der Waals surface area contributed by atoms with Gasteiger partial charge in [0.25, 0.3) is 0 Å². The van der Waals surface area contributed by atoms with Crippen molar-refractivity contribution in [1.82, 2.24) is 5.32 Å². The van der Waals surface area contributed by atoms with Gasteiger partial charge in [-0.05, 0) is 19.3 Å². The van der Waals surface area contributed by atoms with Gasteiger partial charge < -0.3 is 14.8 Å². The van der Waals surface area contributed by atoms with Crippen LogP contribution in [0.4, 0.5) is 0 Å². The zero-order valence-electron chi connectivity index (χ0n) is 8.07. The van der Waals surface area contributed by atoms with E-state index in [1.54, 1.807) is 0 Å². The number of fused-ring (bicyclic) bond motifs is 1. The molecule has 1 aliphatic carbocycles. The summed E-state index contributed by atoms with van der Waals surface area (Å²) in [6.45, 7) is 1.39. The van der Waals surface area contributed by atoms with Gasteiger partial charge >= 0.3 is 0 Å². The molecule has 4 nitrogen and oxygen atoms in total. The lowest BCUT2D eigenvalue weighted by molar-refractivity contribution is -0.123. The lowest BCUT2D eigenvalue weighted by Crippen LogP contribution is -2.44. The SMILES string of the molecule is O=C(N[C@H]1CO[C@@H]2CCO[C@H]12)C1CC1. The minimum absolute atomic E-state index is 0.0931. The van der Waals surface area contributed by atoms with Crippen molar-refractivity contribution in [2.75, 3.05) is 13.2 Å². The molecule has 4 heteroatoms. The van der Waals surface area contributed by atoms with Crippen molar-refractivity contribution in [3.8, 4) is 0 Å². The molecule has 0 unspecified atom stereocenters. The van der Waals surface area contributed by atoms with E-state index >= 15 is 0 Å². The summed E-state index contributed by atoms with van der Waals surface area (Å²) in [4.78, 5) is 11.5. The van der Waals surface area contributed by atoms with Gasteiger partial charge in [-0.15, -0.1) is 0 Å². The average molecular weight is 197 g/mol. The second kappa shape index (κ2) is 3.21. The molecule has 78 valence electrons. The van der Waals surface area contributed by atoms with Gasteiger partial charge in [0, 0.05) is 12.5 Å². The van der Waals surface area contributed by atoms with Gasteiger partial charge in [0.2, 0.25) is 5.91 Å². The molecule has 2 aliphatic heterocycles. The molecular weight excluding hydrogens is 182 g/mol. The highest BCUT2D eigenvalue weighted by Crippen LogP contribution is 2.31. The van der Waals surface area contributed by atoms with E-state index in [9.17, 15) is 4.79 Å². The molecule has 2 saturated heterocycles. The van der Waals surface area contributed by atoms with E-state index in [4.69, 9.17) is 9.47 Å². The molecule has 3 atom stereocenters. The molecule has 0 spiro atoms. The summed E-state index contributed by atoms with van der Waals surface area (Å²) >= 11 is 0. The Hall–Kier alpha value is -0.610. The van der Waals surface area contributed by atoms with Crippen molar-refractivity contribution >= 4 is 5.91 Å². The van der Waals surface area contributed by atoms with Crippen LogP contribution in [0.2, 0.25) is 0 Å². The topological polar surface area (TPSA) is 47.6 Å². The maximum Gasteiger partial charge on any atom is 0.223 e. The second-order valence-corrected chi connectivity index (χ2v) is 4.39. The highest BCUT2D eigenvalue weighted by Gasteiger charge is 2.43. The van der Waals surface area contributed by atoms with Gasteiger partial charge in [-0.2, -0.15) is 0 Å². The van der Waals surface area contributed by atoms with Gasteiger partial charge in [-0.3, -0.25) is 4.79 Å². The summed E-state index contributed by atoms with van der Waals surface area (Å²) in [5.74, 6) is 0.463. The highest BCUT2D eigenvalue weighted by atomic mass is 16.6. The molecule has 0 bridgehead atoms. The molecule has 3 rings (SSSR count). The number of nitrogens with one attached hydrogen (secondary N) is 1. The summed E-state index contributed by atoms with van der Waals surface area (Å²) < 4.78 is 11.1. The molecule has 2 heterocycles. The van der Waals surface area contributed by atoms with E-state index in [2.05, 4.69) is 5.32 Å². The number of hydrogen-bond acceptors (Lipinski definition) is 3. The summed E-state index contributed by atoms with van der Waals surface area (Å²) in [6.07, 6.45) is 3.40. The van der Waals surface area contributed by atoms with Crippen LogP contribution in [-0.4, -0.2) is 37.4 Å². The van der Waals surface area contributed by atoms with E-state index in [0.717, 1.165) is 25.9 Å². The number of carbonyl (C=O) groups excluding carboxylic acids is 1. The van der Waals surface area contributed by atoms with Crippen molar-refractivity contribution in [3.05, 3.63) is 0 Å². The van der Waals surface area contributed by atoms with Crippen LogP contribution in [0.1, 0.15) is 19.3 Å². The van der Waals surface area contributed by atoms with Crippen molar-refractivity contribution in [2.24, 2.45) is 5.92 Å². The third-order valence-electron chi connectivity index (χ3n) is 3.24. The standard InChI is InChI=1S/C10H15NO3/c12-10(6-1-2-6)11-7-5-14-8-3-4-13-9(7)8/h6-9H,1-5H2,(H,11,12)/t7-,8+,9+/m0/s1. The van der Waals surface area contributed by atoms with Crippen LogP contribution in [0.25, 0.3) is 0 Å². The molecule has 1 N–H and O–H groups in total. The summed E-state index contributed by atoms with van der Waals surface area (Å²) in [5.41, 5.74) is 0. The fraction of sp³-hybridized carbons (Fsp3) is 0.900. The van der Waals surface area contributed by atoms with Crippen LogP contribution in [0.3, 0.4) is 0 Å². The van der Waals surface area contributed by atoms with Crippen LogP contribution in [0, 0.1) is 5.92 Å². The van der Waals surface area contributed by atoms with Gasteiger partial charge in [-0.1, -0.05) is 0 Å². The largest absolute Gasteiger partial charge is 0.373 e. The molecule has 3 fully saturated rings. The van der Waals surface area contributed by atoms with E-state index in [1.165, 1.54) is 0 Å². The molecule has 1 amide bonds. The van der Waals surface area contributed by atoms with Crippen LogP contribution in [0.5, 0.6) is 0 Å². The number of amides is 1. The zero-order chi connectivity index (χ0) is 9.54. The van der Waals surface area contributed by atoms with Crippen molar-refractivity contribution in [3.63, 3.8) is 0 Å². The fourth-order valence-electron chi connectivity index (χ4n) is 2.24. The maximum absolute atomic E-state index is 11.5. The minimum Gasteiger partial charge on any atom is -0.373 e.